The fourth-order valence-electron chi connectivity index (χ4n) is 3.95. The lowest BCUT2D eigenvalue weighted by atomic mass is 9.92. The van der Waals surface area contributed by atoms with Gasteiger partial charge in [0.15, 0.2) is 0 Å². The predicted molar refractivity (Wildman–Crippen MR) is 120 cm³/mol. The average Bonchev–Trinajstić information content (AvgIpc) is 3.14. The van der Waals surface area contributed by atoms with E-state index < -0.39 is 5.54 Å². The molecule has 0 aromatic heterocycles. The van der Waals surface area contributed by atoms with Crippen LogP contribution in [0.3, 0.4) is 0 Å². The highest BCUT2D eigenvalue weighted by Gasteiger charge is 2.33. The molecule has 0 saturated heterocycles. The van der Waals surface area contributed by atoms with Crippen LogP contribution < -0.4 is 5.32 Å². The SMILES string of the molecule is CCCCCC1=NN(C(=O)NC(C)(C)Cc2ccc(F)cc2)CC1c1ccccc1. The van der Waals surface area contributed by atoms with E-state index in [0.717, 1.165) is 37.0 Å². The van der Waals surface area contributed by atoms with Gasteiger partial charge in [0.05, 0.1) is 6.54 Å². The topological polar surface area (TPSA) is 44.7 Å². The van der Waals surface area contributed by atoms with Crippen molar-refractivity contribution in [2.45, 2.75) is 64.3 Å². The third kappa shape index (κ3) is 5.91. The monoisotopic (exact) mass is 409 g/mol. The van der Waals surface area contributed by atoms with Crippen LogP contribution in [0.2, 0.25) is 0 Å². The molecule has 0 fully saturated rings. The van der Waals surface area contributed by atoms with Crippen molar-refractivity contribution in [2.24, 2.45) is 5.10 Å². The standard InChI is InChI=1S/C25H32FN3O/c1-4-5-7-12-23-22(20-10-8-6-9-11-20)18-29(28-23)24(30)27-25(2,3)17-19-13-15-21(26)16-14-19/h6,8-11,13-16,22H,4-5,7,12,17-18H2,1-3H3,(H,27,30). The molecule has 0 radical (unpaired) electrons. The second-order valence-corrected chi connectivity index (χ2v) is 8.71. The Morgan fingerprint density at radius 2 is 1.83 bits per heavy atom. The number of carbonyl (C=O) groups is 1. The van der Waals surface area contributed by atoms with Crippen LogP contribution in [0.25, 0.3) is 0 Å². The predicted octanol–water partition coefficient (Wildman–Crippen LogP) is 5.89. The van der Waals surface area contributed by atoms with Crippen molar-refractivity contribution < 1.29 is 9.18 Å². The lowest BCUT2D eigenvalue weighted by Gasteiger charge is -2.28. The average molecular weight is 410 g/mol. The molecule has 2 aromatic rings. The molecule has 2 aromatic carbocycles. The zero-order valence-electron chi connectivity index (χ0n) is 18.2. The van der Waals surface area contributed by atoms with Gasteiger partial charge in [-0.2, -0.15) is 5.10 Å². The van der Waals surface area contributed by atoms with E-state index in [9.17, 15) is 9.18 Å². The molecule has 0 bridgehead atoms. The number of urea groups is 1. The molecule has 0 aliphatic carbocycles. The smallest absolute Gasteiger partial charge is 0.331 e. The Balaban J connectivity index is 1.68. The summed E-state index contributed by atoms with van der Waals surface area (Å²) in [5, 5.41) is 9.39. The Kier molecular flexibility index (Phi) is 7.24. The van der Waals surface area contributed by atoms with Crippen LogP contribution in [-0.4, -0.2) is 28.8 Å². The van der Waals surface area contributed by atoms with Gasteiger partial charge in [-0.1, -0.05) is 62.2 Å². The number of hydrogen-bond acceptors (Lipinski definition) is 2. The molecule has 1 aliphatic heterocycles. The third-order valence-corrected chi connectivity index (χ3v) is 5.48. The highest BCUT2D eigenvalue weighted by Crippen LogP contribution is 2.28. The number of hydrogen-bond donors (Lipinski definition) is 1. The third-order valence-electron chi connectivity index (χ3n) is 5.48. The van der Waals surface area contributed by atoms with Crippen LogP contribution in [0.5, 0.6) is 0 Å². The summed E-state index contributed by atoms with van der Waals surface area (Å²) in [6, 6.07) is 16.5. The summed E-state index contributed by atoms with van der Waals surface area (Å²) in [6.07, 6.45) is 4.94. The molecule has 1 aliphatic rings. The quantitative estimate of drug-likeness (QED) is 0.543. The molecule has 1 heterocycles. The molecular formula is C25H32FN3O. The van der Waals surface area contributed by atoms with E-state index in [1.54, 1.807) is 17.1 Å². The largest absolute Gasteiger partial charge is 0.338 e. The van der Waals surface area contributed by atoms with Crippen molar-refractivity contribution >= 4 is 11.7 Å². The lowest BCUT2D eigenvalue weighted by Crippen LogP contribution is -2.49. The summed E-state index contributed by atoms with van der Waals surface area (Å²) in [6.45, 7) is 6.70. The number of benzene rings is 2. The number of hydrazone groups is 1. The normalized spacial score (nSPS) is 16.5. The van der Waals surface area contributed by atoms with Crippen LogP contribution in [0, 0.1) is 5.82 Å². The maximum absolute atomic E-state index is 13.2. The van der Waals surface area contributed by atoms with E-state index in [4.69, 9.17) is 5.10 Å². The van der Waals surface area contributed by atoms with Crippen LogP contribution in [0.15, 0.2) is 59.7 Å². The molecule has 0 saturated carbocycles. The Morgan fingerprint density at radius 1 is 1.13 bits per heavy atom. The first-order valence-corrected chi connectivity index (χ1v) is 10.8. The van der Waals surface area contributed by atoms with E-state index >= 15 is 0 Å². The number of unbranched alkanes of at least 4 members (excludes halogenated alkanes) is 2. The van der Waals surface area contributed by atoms with Crippen molar-refractivity contribution in [1.82, 2.24) is 10.3 Å². The van der Waals surface area contributed by atoms with Gasteiger partial charge in [0.1, 0.15) is 5.82 Å². The minimum absolute atomic E-state index is 0.147. The summed E-state index contributed by atoms with van der Waals surface area (Å²) in [5.74, 6) is -0.108. The van der Waals surface area contributed by atoms with E-state index in [0.29, 0.717) is 13.0 Å². The van der Waals surface area contributed by atoms with Crippen molar-refractivity contribution in [3.63, 3.8) is 0 Å². The van der Waals surface area contributed by atoms with Crippen molar-refractivity contribution in [2.75, 3.05) is 6.54 Å². The minimum atomic E-state index is -0.475. The van der Waals surface area contributed by atoms with Gasteiger partial charge in [-0.3, -0.25) is 0 Å². The Labute approximate surface area is 179 Å². The summed E-state index contributed by atoms with van der Waals surface area (Å²) in [5.41, 5.74) is 2.79. The first-order valence-electron chi connectivity index (χ1n) is 10.8. The fourth-order valence-corrected chi connectivity index (χ4v) is 3.95. The lowest BCUT2D eigenvalue weighted by molar-refractivity contribution is 0.192. The molecule has 5 heteroatoms. The summed E-state index contributed by atoms with van der Waals surface area (Å²) >= 11 is 0. The molecule has 0 spiro atoms. The zero-order chi connectivity index (χ0) is 21.6. The molecule has 160 valence electrons. The van der Waals surface area contributed by atoms with Gasteiger partial charge in [-0.15, -0.1) is 0 Å². The van der Waals surface area contributed by atoms with Gasteiger partial charge in [-0.05, 0) is 56.4 Å². The van der Waals surface area contributed by atoms with E-state index in [1.807, 2.05) is 32.0 Å². The number of amides is 2. The second kappa shape index (κ2) is 9.88. The zero-order valence-corrected chi connectivity index (χ0v) is 18.2. The van der Waals surface area contributed by atoms with Gasteiger partial charge in [-0.25, -0.2) is 14.2 Å². The Morgan fingerprint density at radius 3 is 2.50 bits per heavy atom. The highest BCUT2D eigenvalue weighted by molar-refractivity contribution is 5.94. The van der Waals surface area contributed by atoms with Crippen molar-refractivity contribution in [3.8, 4) is 0 Å². The molecule has 2 amide bonds. The van der Waals surface area contributed by atoms with Crippen molar-refractivity contribution in [1.29, 1.82) is 0 Å². The first kappa shape index (κ1) is 22.0. The number of nitrogens with one attached hydrogen (secondary N) is 1. The number of rotatable bonds is 8. The van der Waals surface area contributed by atoms with Crippen LogP contribution in [0.1, 0.15) is 63.5 Å². The Hall–Kier alpha value is -2.69. The number of halogens is 1. The summed E-state index contributed by atoms with van der Waals surface area (Å²) < 4.78 is 13.2. The maximum Gasteiger partial charge on any atom is 0.338 e. The molecule has 1 atom stereocenters. The molecule has 4 nitrogen and oxygen atoms in total. The van der Waals surface area contributed by atoms with Crippen LogP contribution >= 0.6 is 0 Å². The fraction of sp³-hybridized carbons (Fsp3) is 0.440. The Bertz CT molecular complexity index is 862. The van der Waals surface area contributed by atoms with E-state index in [2.05, 4.69) is 24.4 Å². The molecular weight excluding hydrogens is 377 g/mol. The summed E-state index contributed by atoms with van der Waals surface area (Å²) in [7, 11) is 0. The van der Waals surface area contributed by atoms with Gasteiger partial charge in [0.25, 0.3) is 0 Å². The van der Waals surface area contributed by atoms with E-state index in [1.165, 1.54) is 17.7 Å². The van der Waals surface area contributed by atoms with Gasteiger partial charge < -0.3 is 5.32 Å². The molecule has 1 N–H and O–H groups in total. The maximum atomic E-state index is 13.2. The highest BCUT2D eigenvalue weighted by atomic mass is 19.1. The van der Waals surface area contributed by atoms with E-state index in [-0.39, 0.29) is 17.8 Å². The van der Waals surface area contributed by atoms with Gasteiger partial charge in [0, 0.05) is 17.2 Å². The first-order chi connectivity index (χ1) is 14.4. The molecule has 1 unspecified atom stereocenters. The molecule has 3 rings (SSSR count). The number of nitrogens with zero attached hydrogens (tertiary/aromatic N) is 2. The van der Waals surface area contributed by atoms with Crippen LogP contribution in [-0.2, 0) is 6.42 Å². The van der Waals surface area contributed by atoms with Crippen LogP contribution in [0.4, 0.5) is 9.18 Å². The van der Waals surface area contributed by atoms with Crippen molar-refractivity contribution in [3.05, 3.63) is 71.5 Å². The second-order valence-electron chi connectivity index (χ2n) is 8.71. The minimum Gasteiger partial charge on any atom is -0.331 e. The van der Waals surface area contributed by atoms with Gasteiger partial charge >= 0.3 is 6.03 Å². The van der Waals surface area contributed by atoms with Gasteiger partial charge in [0.2, 0.25) is 0 Å². The molecule has 30 heavy (non-hydrogen) atoms. The summed E-state index contributed by atoms with van der Waals surface area (Å²) in [4.78, 5) is 13.0. The number of carbonyl (C=O) groups excluding carboxylic acids is 1.